The van der Waals surface area contributed by atoms with E-state index in [1.54, 1.807) is 0 Å². The highest BCUT2D eigenvalue weighted by atomic mass is 15.1. The minimum atomic E-state index is 1.09. The van der Waals surface area contributed by atoms with Gasteiger partial charge in [0, 0.05) is 17.1 Å². The molecule has 0 unspecified atom stereocenters. The van der Waals surface area contributed by atoms with E-state index in [0.29, 0.717) is 0 Å². The van der Waals surface area contributed by atoms with E-state index in [9.17, 15) is 0 Å². The molecule has 11 rings (SSSR count). The van der Waals surface area contributed by atoms with Crippen LogP contribution in [0.1, 0.15) is 0 Å². The van der Waals surface area contributed by atoms with Gasteiger partial charge in [-0.05, 0) is 136 Å². The van der Waals surface area contributed by atoms with Gasteiger partial charge < -0.3 is 4.90 Å². The fourth-order valence-corrected chi connectivity index (χ4v) is 9.06. The quantitative estimate of drug-likeness (QED) is 0.139. The van der Waals surface area contributed by atoms with Gasteiger partial charge >= 0.3 is 0 Å². The number of rotatable bonds is 8. The summed E-state index contributed by atoms with van der Waals surface area (Å²) in [6.07, 6.45) is 0. The van der Waals surface area contributed by atoms with Gasteiger partial charge in [-0.15, -0.1) is 0 Å². The van der Waals surface area contributed by atoms with Gasteiger partial charge in [-0.3, -0.25) is 0 Å². The van der Waals surface area contributed by atoms with Crippen molar-refractivity contribution < 1.29 is 0 Å². The van der Waals surface area contributed by atoms with Crippen molar-refractivity contribution in [2.24, 2.45) is 0 Å². The Balaban J connectivity index is 1.05. The zero-order chi connectivity index (χ0) is 40.5. The van der Waals surface area contributed by atoms with Crippen LogP contribution >= 0.6 is 0 Å². The smallest absolute Gasteiger partial charge is 0.0462 e. The van der Waals surface area contributed by atoms with Gasteiger partial charge in [0.15, 0.2) is 0 Å². The van der Waals surface area contributed by atoms with Gasteiger partial charge in [0.1, 0.15) is 0 Å². The lowest BCUT2D eigenvalue weighted by Crippen LogP contribution is -2.09. The standard InChI is InChI=1S/C60H41N/c1-3-14-42(15-4-1)45-28-34-52(35-29-45)61(53-36-30-46(31-37-53)50-27-26-44-18-7-8-19-48(44)40-50)54-38-32-47(33-39-54)59-57-24-11-9-22-55(57)56-23-10-12-25-58(56)60(59)51-21-13-20-49(41-51)43-16-5-2-6-17-43/h1-41H. The Hall–Kier alpha value is -8.00. The summed E-state index contributed by atoms with van der Waals surface area (Å²) >= 11 is 0. The summed E-state index contributed by atoms with van der Waals surface area (Å²) in [4.78, 5) is 2.37. The number of fused-ring (bicyclic) bond motifs is 4. The molecule has 1 nitrogen and oxygen atoms in total. The second-order valence-corrected chi connectivity index (χ2v) is 15.7. The highest BCUT2D eigenvalue weighted by Crippen LogP contribution is 2.46. The number of anilines is 3. The zero-order valence-corrected chi connectivity index (χ0v) is 33.6. The zero-order valence-electron chi connectivity index (χ0n) is 33.6. The van der Waals surface area contributed by atoms with Gasteiger partial charge in [-0.1, -0.05) is 200 Å². The Bertz CT molecular complexity index is 3310. The number of nitrogens with zero attached hydrogens (tertiary/aromatic N) is 1. The van der Waals surface area contributed by atoms with Crippen LogP contribution in [0.2, 0.25) is 0 Å². The Morgan fingerprint density at radius 3 is 1.13 bits per heavy atom. The second-order valence-electron chi connectivity index (χ2n) is 15.7. The van der Waals surface area contributed by atoms with E-state index in [2.05, 4.69) is 254 Å². The first kappa shape index (κ1) is 36.1. The molecule has 0 radical (unpaired) electrons. The minimum Gasteiger partial charge on any atom is -0.311 e. The molecule has 0 aromatic heterocycles. The van der Waals surface area contributed by atoms with E-state index in [4.69, 9.17) is 0 Å². The largest absolute Gasteiger partial charge is 0.311 e. The monoisotopic (exact) mass is 775 g/mol. The molecule has 61 heavy (non-hydrogen) atoms. The summed E-state index contributed by atoms with van der Waals surface area (Å²) in [6, 6.07) is 90.4. The third kappa shape index (κ3) is 6.83. The van der Waals surface area contributed by atoms with Crippen LogP contribution in [0.5, 0.6) is 0 Å². The van der Waals surface area contributed by atoms with Crippen molar-refractivity contribution in [1.82, 2.24) is 0 Å². The molecular formula is C60H41N. The highest BCUT2D eigenvalue weighted by molar-refractivity contribution is 6.21. The van der Waals surface area contributed by atoms with Crippen LogP contribution in [-0.4, -0.2) is 0 Å². The summed E-state index contributed by atoms with van der Waals surface area (Å²) in [6.45, 7) is 0. The number of hydrogen-bond donors (Lipinski definition) is 0. The van der Waals surface area contributed by atoms with Gasteiger partial charge in [0.05, 0.1) is 0 Å². The van der Waals surface area contributed by atoms with Crippen LogP contribution in [0, 0.1) is 0 Å². The van der Waals surface area contributed by atoms with Crippen molar-refractivity contribution in [2.75, 3.05) is 4.90 Å². The molecule has 1 heteroatoms. The van der Waals surface area contributed by atoms with Crippen LogP contribution in [0.4, 0.5) is 17.1 Å². The molecule has 0 aliphatic heterocycles. The van der Waals surface area contributed by atoms with Crippen LogP contribution in [0.3, 0.4) is 0 Å². The molecular weight excluding hydrogens is 735 g/mol. The number of benzene rings is 11. The Morgan fingerprint density at radius 1 is 0.197 bits per heavy atom. The average Bonchev–Trinajstić information content (AvgIpc) is 3.35. The van der Waals surface area contributed by atoms with Crippen LogP contribution in [0.15, 0.2) is 249 Å². The van der Waals surface area contributed by atoms with E-state index >= 15 is 0 Å². The van der Waals surface area contributed by atoms with E-state index in [0.717, 1.165) is 17.1 Å². The van der Waals surface area contributed by atoms with Crippen molar-refractivity contribution in [3.63, 3.8) is 0 Å². The van der Waals surface area contributed by atoms with E-state index in [1.807, 2.05) is 0 Å². The summed E-state index contributed by atoms with van der Waals surface area (Å²) in [5.74, 6) is 0. The molecule has 11 aromatic carbocycles. The van der Waals surface area contributed by atoms with E-state index in [-0.39, 0.29) is 0 Å². The molecule has 0 saturated heterocycles. The van der Waals surface area contributed by atoms with Crippen molar-refractivity contribution in [3.05, 3.63) is 249 Å². The van der Waals surface area contributed by atoms with E-state index in [1.165, 1.54) is 88.0 Å². The lowest BCUT2D eigenvalue weighted by Gasteiger charge is -2.26. The molecule has 0 heterocycles. The van der Waals surface area contributed by atoms with Crippen molar-refractivity contribution in [3.8, 4) is 55.6 Å². The maximum atomic E-state index is 2.37. The summed E-state index contributed by atoms with van der Waals surface area (Å²) in [5.41, 5.74) is 15.4. The molecule has 286 valence electrons. The fraction of sp³-hybridized carbons (Fsp3) is 0. The molecule has 0 aliphatic rings. The lowest BCUT2D eigenvalue weighted by molar-refractivity contribution is 1.28. The maximum absolute atomic E-state index is 2.37. The third-order valence-corrected chi connectivity index (χ3v) is 12.0. The fourth-order valence-electron chi connectivity index (χ4n) is 9.06. The summed E-state index contributed by atoms with van der Waals surface area (Å²) in [7, 11) is 0. The Kier molecular flexibility index (Phi) is 9.26. The predicted octanol–water partition coefficient (Wildman–Crippen LogP) is 17.0. The Labute approximate surface area is 357 Å². The SMILES string of the molecule is c1ccc(-c2ccc(N(c3ccc(-c4ccc5ccccc5c4)cc3)c3ccc(-c4c(-c5cccc(-c6ccccc6)c5)c5ccccc5c5ccccc45)cc3)cc2)cc1. The molecule has 0 bridgehead atoms. The third-order valence-electron chi connectivity index (χ3n) is 12.0. The van der Waals surface area contributed by atoms with Crippen molar-refractivity contribution in [1.29, 1.82) is 0 Å². The first-order valence-corrected chi connectivity index (χ1v) is 21.0. The van der Waals surface area contributed by atoms with Crippen LogP contribution < -0.4 is 4.90 Å². The van der Waals surface area contributed by atoms with Crippen molar-refractivity contribution >= 4 is 49.4 Å². The summed E-state index contributed by atoms with van der Waals surface area (Å²) < 4.78 is 0. The maximum Gasteiger partial charge on any atom is 0.0462 e. The molecule has 11 aromatic rings. The predicted molar refractivity (Wildman–Crippen MR) is 261 cm³/mol. The van der Waals surface area contributed by atoms with Gasteiger partial charge in [-0.2, -0.15) is 0 Å². The first-order chi connectivity index (χ1) is 30.2. The second kappa shape index (κ2) is 15.6. The molecule has 0 aliphatic carbocycles. The number of hydrogen-bond acceptors (Lipinski definition) is 1. The Morgan fingerprint density at radius 2 is 0.557 bits per heavy atom. The van der Waals surface area contributed by atoms with E-state index < -0.39 is 0 Å². The molecule has 0 amide bonds. The molecule has 0 atom stereocenters. The highest BCUT2D eigenvalue weighted by Gasteiger charge is 2.20. The van der Waals surface area contributed by atoms with Crippen LogP contribution in [0.25, 0.3) is 88.0 Å². The first-order valence-electron chi connectivity index (χ1n) is 21.0. The molecule has 0 saturated carbocycles. The van der Waals surface area contributed by atoms with Gasteiger partial charge in [-0.25, -0.2) is 0 Å². The lowest BCUT2D eigenvalue weighted by atomic mass is 9.84. The minimum absolute atomic E-state index is 1.09. The molecule has 0 spiro atoms. The summed E-state index contributed by atoms with van der Waals surface area (Å²) in [5, 5.41) is 7.50. The van der Waals surface area contributed by atoms with Crippen molar-refractivity contribution in [2.45, 2.75) is 0 Å². The molecule has 0 fully saturated rings. The normalized spacial score (nSPS) is 11.3. The van der Waals surface area contributed by atoms with Gasteiger partial charge in [0.2, 0.25) is 0 Å². The van der Waals surface area contributed by atoms with Gasteiger partial charge in [0.25, 0.3) is 0 Å². The van der Waals surface area contributed by atoms with Crippen LogP contribution in [-0.2, 0) is 0 Å². The molecule has 0 N–H and O–H groups in total. The topological polar surface area (TPSA) is 3.24 Å². The average molecular weight is 776 g/mol.